The van der Waals surface area contributed by atoms with E-state index in [-0.39, 0.29) is 28.5 Å². The molecule has 6 heteroatoms. The summed E-state index contributed by atoms with van der Waals surface area (Å²) in [6.45, 7) is 11.9. The predicted octanol–water partition coefficient (Wildman–Crippen LogP) is 1.45. The van der Waals surface area contributed by atoms with E-state index in [2.05, 4.69) is 5.32 Å². The first-order valence-corrected chi connectivity index (χ1v) is 7.20. The maximum Gasteiger partial charge on any atom is 0.237 e. The molecule has 0 bridgehead atoms. The average Bonchev–Trinajstić information content (AvgIpc) is 2.13. The van der Waals surface area contributed by atoms with Crippen LogP contribution in [0.5, 0.6) is 0 Å². The molecule has 0 saturated carbocycles. The summed E-state index contributed by atoms with van der Waals surface area (Å²) in [7, 11) is -0.944. The molecule has 0 aromatic carbocycles. The number of nitrogens with one attached hydrogen (secondary N) is 1. The third-order valence-corrected chi connectivity index (χ3v) is 4.43. The molecule has 110 valence electrons. The van der Waals surface area contributed by atoms with Crippen LogP contribution in [0.2, 0.25) is 0 Å². The van der Waals surface area contributed by atoms with E-state index in [0.717, 1.165) is 0 Å². The molecule has 1 amide bonds. The first-order chi connectivity index (χ1) is 7.46. The zero-order chi connectivity index (χ0) is 13.9. The van der Waals surface area contributed by atoms with Crippen LogP contribution in [0.15, 0.2) is 0 Å². The lowest BCUT2D eigenvalue weighted by molar-refractivity contribution is -0.124. The van der Waals surface area contributed by atoms with Crippen molar-refractivity contribution in [3.63, 3.8) is 0 Å². The Morgan fingerprint density at radius 2 is 1.67 bits per heavy atom. The van der Waals surface area contributed by atoms with Gasteiger partial charge in [-0.05, 0) is 26.2 Å². The highest BCUT2D eigenvalue weighted by Gasteiger charge is 2.27. The number of carbonyl (C=O) groups excluding carboxylic acids is 1. The Bertz CT molecular complexity index is 295. The first-order valence-electron chi connectivity index (χ1n) is 5.88. The molecule has 18 heavy (non-hydrogen) atoms. The van der Waals surface area contributed by atoms with Crippen LogP contribution in [0, 0.1) is 5.41 Å². The number of carbonyl (C=O) groups is 1. The van der Waals surface area contributed by atoms with Crippen LogP contribution < -0.4 is 11.1 Å². The second kappa shape index (κ2) is 7.46. The predicted molar refractivity (Wildman–Crippen MR) is 80.5 cm³/mol. The number of halogens is 1. The van der Waals surface area contributed by atoms with Crippen molar-refractivity contribution < 1.29 is 9.00 Å². The van der Waals surface area contributed by atoms with E-state index in [4.69, 9.17) is 5.73 Å². The SMILES string of the molecule is CC(C)(C)[C@H](N)C(=O)NCCS(=O)C(C)(C)C.Cl. The normalized spacial score (nSPS) is 15.5. The van der Waals surface area contributed by atoms with Crippen LogP contribution in [0.4, 0.5) is 0 Å². The molecule has 0 radical (unpaired) electrons. The molecule has 3 N–H and O–H groups in total. The van der Waals surface area contributed by atoms with Crippen LogP contribution in [0.25, 0.3) is 0 Å². The van der Waals surface area contributed by atoms with Crippen molar-refractivity contribution in [1.29, 1.82) is 0 Å². The molecule has 0 aliphatic rings. The van der Waals surface area contributed by atoms with E-state index in [1.165, 1.54) is 0 Å². The minimum Gasteiger partial charge on any atom is -0.354 e. The highest BCUT2D eigenvalue weighted by molar-refractivity contribution is 7.86. The van der Waals surface area contributed by atoms with Gasteiger partial charge in [0.15, 0.2) is 0 Å². The summed E-state index contributed by atoms with van der Waals surface area (Å²) >= 11 is 0. The van der Waals surface area contributed by atoms with Gasteiger partial charge in [0, 0.05) is 27.8 Å². The van der Waals surface area contributed by atoms with Gasteiger partial charge in [0.05, 0.1) is 6.04 Å². The van der Waals surface area contributed by atoms with Gasteiger partial charge in [-0.25, -0.2) is 0 Å². The van der Waals surface area contributed by atoms with Crippen molar-refractivity contribution in [2.45, 2.75) is 52.3 Å². The summed E-state index contributed by atoms with van der Waals surface area (Å²) in [4.78, 5) is 11.7. The van der Waals surface area contributed by atoms with Gasteiger partial charge in [-0.15, -0.1) is 12.4 Å². The van der Waals surface area contributed by atoms with Crippen LogP contribution in [-0.2, 0) is 15.6 Å². The Balaban J connectivity index is 0. The number of nitrogens with two attached hydrogens (primary N) is 1. The fourth-order valence-corrected chi connectivity index (χ4v) is 1.98. The van der Waals surface area contributed by atoms with Crippen molar-refractivity contribution in [2.24, 2.45) is 11.1 Å². The van der Waals surface area contributed by atoms with Gasteiger partial charge < -0.3 is 11.1 Å². The lowest BCUT2D eigenvalue weighted by atomic mass is 9.87. The van der Waals surface area contributed by atoms with E-state index in [0.29, 0.717) is 12.3 Å². The molecule has 0 aliphatic heterocycles. The van der Waals surface area contributed by atoms with Gasteiger partial charge in [-0.3, -0.25) is 9.00 Å². The molecule has 4 nitrogen and oxygen atoms in total. The minimum atomic E-state index is -0.944. The second-order valence-corrected chi connectivity index (χ2v) is 8.62. The van der Waals surface area contributed by atoms with Crippen molar-refractivity contribution in [2.75, 3.05) is 12.3 Å². The zero-order valence-electron chi connectivity index (χ0n) is 12.2. The fraction of sp³-hybridized carbons (Fsp3) is 0.917. The number of amides is 1. The average molecular weight is 299 g/mol. The molecule has 0 aliphatic carbocycles. The summed E-state index contributed by atoms with van der Waals surface area (Å²) in [6, 6.07) is -0.537. The Labute approximate surface area is 119 Å². The molecule has 0 fully saturated rings. The third-order valence-electron chi connectivity index (χ3n) is 2.49. The van der Waals surface area contributed by atoms with Crippen LogP contribution in [0.3, 0.4) is 0 Å². The minimum absolute atomic E-state index is 0. The van der Waals surface area contributed by atoms with Gasteiger partial charge >= 0.3 is 0 Å². The van der Waals surface area contributed by atoms with Crippen LogP contribution in [-0.4, -0.2) is 33.2 Å². The summed E-state index contributed by atoms with van der Waals surface area (Å²) in [5.41, 5.74) is 5.55. The number of rotatable bonds is 4. The Hall–Kier alpha value is -0.130. The van der Waals surface area contributed by atoms with Crippen molar-refractivity contribution in [1.82, 2.24) is 5.32 Å². The fourth-order valence-electron chi connectivity index (χ4n) is 1.08. The van der Waals surface area contributed by atoms with Gasteiger partial charge in [-0.1, -0.05) is 20.8 Å². The maximum atomic E-state index is 11.7. The topological polar surface area (TPSA) is 72.2 Å². The maximum absolute atomic E-state index is 11.7. The molecular formula is C12H27ClN2O2S. The quantitative estimate of drug-likeness (QED) is 0.825. The lowest BCUT2D eigenvalue weighted by Crippen LogP contribution is -2.49. The molecule has 2 atom stereocenters. The van der Waals surface area contributed by atoms with E-state index in [9.17, 15) is 9.00 Å². The highest BCUT2D eigenvalue weighted by atomic mass is 35.5. The smallest absolute Gasteiger partial charge is 0.237 e. The monoisotopic (exact) mass is 298 g/mol. The van der Waals surface area contributed by atoms with Crippen molar-refractivity contribution in [3.8, 4) is 0 Å². The van der Waals surface area contributed by atoms with Gasteiger partial charge in [0.2, 0.25) is 5.91 Å². The van der Waals surface area contributed by atoms with Gasteiger partial charge in [0.1, 0.15) is 0 Å². The standard InChI is InChI=1S/C12H26N2O2S.ClH/c1-11(2,3)9(13)10(15)14-7-8-17(16)12(4,5)6;/h9H,7-8,13H2,1-6H3,(H,14,15);1H/t9-,17?;/m1./s1. The Kier molecular flexibility index (Phi) is 8.37. The first kappa shape index (κ1) is 20.2. The van der Waals surface area contributed by atoms with E-state index >= 15 is 0 Å². The molecule has 0 rings (SSSR count). The number of hydrogen-bond donors (Lipinski definition) is 2. The van der Waals surface area contributed by atoms with E-state index in [1.54, 1.807) is 0 Å². The third kappa shape index (κ3) is 7.34. The molecule has 1 unspecified atom stereocenters. The molecule has 0 saturated heterocycles. The second-order valence-electron chi connectivity index (χ2n) is 6.30. The molecule has 0 aromatic heterocycles. The molecular weight excluding hydrogens is 272 g/mol. The summed E-state index contributed by atoms with van der Waals surface area (Å²) in [6.07, 6.45) is 0. The van der Waals surface area contributed by atoms with Crippen LogP contribution >= 0.6 is 12.4 Å². The number of hydrogen-bond acceptors (Lipinski definition) is 3. The molecule has 0 spiro atoms. The van der Waals surface area contributed by atoms with E-state index in [1.807, 2.05) is 41.5 Å². The van der Waals surface area contributed by atoms with Crippen molar-refractivity contribution in [3.05, 3.63) is 0 Å². The van der Waals surface area contributed by atoms with Crippen LogP contribution in [0.1, 0.15) is 41.5 Å². The van der Waals surface area contributed by atoms with E-state index < -0.39 is 16.8 Å². The van der Waals surface area contributed by atoms with Gasteiger partial charge in [0.25, 0.3) is 0 Å². The summed E-state index contributed by atoms with van der Waals surface area (Å²) in [5, 5.41) is 2.73. The highest BCUT2D eigenvalue weighted by Crippen LogP contribution is 2.17. The molecule has 0 heterocycles. The zero-order valence-corrected chi connectivity index (χ0v) is 13.8. The lowest BCUT2D eigenvalue weighted by Gasteiger charge is -2.26. The largest absolute Gasteiger partial charge is 0.354 e. The van der Waals surface area contributed by atoms with Crippen molar-refractivity contribution >= 4 is 29.1 Å². The Morgan fingerprint density at radius 1 is 1.22 bits per heavy atom. The Morgan fingerprint density at radius 3 is 2.00 bits per heavy atom. The summed E-state index contributed by atoms with van der Waals surface area (Å²) < 4.78 is 11.5. The summed E-state index contributed by atoms with van der Waals surface area (Å²) in [5.74, 6) is 0.287. The molecule has 0 aromatic rings. The van der Waals surface area contributed by atoms with Gasteiger partial charge in [-0.2, -0.15) is 0 Å².